The molecule has 0 atom stereocenters. The van der Waals surface area contributed by atoms with Gasteiger partial charge >= 0.3 is 0 Å². The van der Waals surface area contributed by atoms with Crippen molar-refractivity contribution in [2.75, 3.05) is 6.61 Å². The van der Waals surface area contributed by atoms with Gasteiger partial charge in [-0.2, -0.15) is 0 Å². The first-order valence-electron chi connectivity index (χ1n) is 6.74. The Morgan fingerprint density at radius 1 is 1.16 bits per heavy atom. The molecule has 0 fully saturated rings. The van der Waals surface area contributed by atoms with Crippen molar-refractivity contribution in [3.05, 3.63) is 27.7 Å². The van der Waals surface area contributed by atoms with Gasteiger partial charge < -0.3 is 10.1 Å². The predicted molar refractivity (Wildman–Crippen MR) is 83.4 cm³/mol. The van der Waals surface area contributed by atoms with E-state index in [9.17, 15) is 0 Å². The molecule has 0 saturated carbocycles. The van der Waals surface area contributed by atoms with Gasteiger partial charge in [-0.25, -0.2) is 0 Å². The summed E-state index contributed by atoms with van der Waals surface area (Å²) in [6, 6.07) is 4.04. The lowest BCUT2D eigenvalue weighted by Crippen LogP contribution is -2.22. The standard InChI is InChI=1S/C15H23Cl2NO/c1-10(2)5-6-19-15-12(9-18-11(3)4)7-13(16)8-14(15)17/h7-8,10-11,18H,5-6,9H2,1-4H3. The monoisotopic (exact) mass is 303 g/mol. The molecule has 1 N–H and O–H groups in total. The average Bonchev–Trinajstić information content (AvgIpc) is 2.28. The van der Waals surface area contributed by atoms with Gasteiger partial charge in [0.15, 0.2) is 0 Å². The largest absolute Gasteiger partial charge is 0.492 e. The van der Waals surface area contributed by atoms with Crippen LogP contribution in [-0.4, -0.2) is 12.6 Å². The molecule has 1 rings (SSSR count). The highest BCUT2D eigenvalue weighted by Crippen LogP contribution is 2.32. The molecule has 1 aromatic rings. The van der Waals surface area contributed by atoms with Crippen molar-refractivity contribution in [2.24, 2.45) is 5.92 Å². The molecule has 0 aliphatic heterocycles. The van der Waals surface area contributed by atoms with Crippen LogP contribution in [0.25, 0.3) is 0 Å². The number of rotatable bonds is 7. The lowest BCUT2D eigenvalue weighted by atomic mass is 10.1. The fraction of sp³-hybridized carbons (Fsp3) is 0.600. The molecule has 0 aliphatic rings. The molecular formula is C15H23Cl2NO. The van der Waals surface area contributed by atoms with E-state index in [-0.39, 0.29) is 0 Å². The van der Waals surface area contributed by atoms with Gasteiger partial charge in [0.1, 0.15) is 5.75 Å². The molecule has 0 aliphatic carbocycles. The number of hydrogen-bond donors (Lipinski definition) is 1. The van der Waals surface area contributed by atoms with Crippen molar-refractivity contribution in [2.45, 2.75) is 46.7 Å². The van der Waals surface area contributed by atoms with Crippen LogP contribution in [0.2, 0.25) is 10.0 Å². The number of benzene rings is 1. The first-order chi connectivity index (χ1) is 8.90. The van der Waals surface area contributed by atoms with Crippen LogP contribution in [0.1, 0.15) is 39.7 Å². The number of hydrogen-bond acceptors (Lipinski definition) is 2. The van der Waals surface area contributed by atoms with Crippen molar-refractivity contribution < 1.29 is 4.74 Å². The zero-order valence-corrected chi connectivity index (χ0v) is 13.6. The normalized spacial score (nSPS) is 11.4. The van der Waals surface area contributed by atoms with E-state index in [4.69, 9.17) is 27.9 Å². The third-order valence-electron chi connectivity index (χ3n) is 2.73. The van der Waals surface area contributed by atoms with Gasteiger partial charge in [-0.05, 0) is 24.5 Å². The van der Waals surface area contributed by atoms with Gasteiger partial charge in [-0.3, -0.25) is 0 Å². The molecular weight excluding hydrogens is 281 g/mol. The Morgan fingerprint density at radius 2 is 1.84 bits per heavy atom. The van der Waals surface area contributed by atoms with Crippen LogP contribution in [-0.2, 0) is 6.54 Å². The summed E-state index contributed by atoms with van der Waals surface area (Å²) in [5, 5.41) is 4.58. The fourth-order valence-corrected chi connectivity index (χ4v) is 2.21. The maximum atomic E-state index is 6.23. The second-order valence-electron chi connectivity index (χ2n) is 5.44. The quantitative estimate of drug-likeness (QED) is 0.772. The second kappa shape index (κ2) is 7.98. The van der Waals surface area contributed by atoms with Gasteiger partial charge in [0, 0.05) is 23.2 Å². The fourth-order valence-electron chi connectivity index (χ4n) is 1.62. The van der Waals surface area contributed by atoms with Crippen molar-refractivity contribution in [1.82, 2.24) is 5.32 Å². The minimum Gasteiger partial charge on any atom is -0.492 e. The van der Waals surface area contributed by atoms with Gasteiger partial charge in [-0.1, -0.05) is 50.9 Å². The summed E-state index contributed by atoms with van der Waals surface area (Å²) in [4.78, 5) is 0. The highest BCUT2D eigenvalue weighted by molar-refractivity contribution is 6.35. The summed E-state index contributed by atoms with van der Waals surface area (Å²) in [5.74, 6) is 1.36. The minimum absolute atomic E-state index is 0.404. The number of ether oxygens (including phenoxy) is 1. The molecule has 0 amide bonds. The molecule has 0 unspecified atom stereocenters. The molecule has 0 bridgehead atoms. The third kappa shape index (κ3) is 6.03. The summed E-state index contributed by atoms with van der Waals surface area (Å²) in [7, 11) is 0. The van der Waals surface area contributed by atoms with Crippen LogP contribution in [0.5, 0.6) is 5.75 Å². The summed E-state index contributed by atoms with van der Waals surface area (Å²) < 4.78 is 5.84. The first-order valence-corrected chi connectivity index (χ1v) is 7.49. The Hall–Kier alpha value is -0.440. The number of halogens is 2. The molecule has 0 spiro atoms. The maximum absolute atomic E-state index is 6.23. The van der Waals surface area contributed by atoms with E-state index in [0.717, 1.165) is 17.7 Å². The minimum atomic E-state index is 0.404. The molecule has 108 valence electrons. The summed E-state index contributed by atoms with van der Waals surface area (Å²) in [5.41, 5.74) is 1.01. The molecule has 0 radical (unpaired) electrons. The average molecular weight is 304 g/mol. The Kier molecular flexibility index (Phi) is 6.98. The van der Waals surface area contributed by atoms with Crippen molar-refractivity contribution in [3.8, 4) is 5.75 Å². The highest BCUT2D eigenvalue weighted by Gasteiger charge is 2.11. The van der Waals surface area contributed by atoms with Crippen LogP contribution >= 0.6 is 23.2 Å². The lowest BCUT2D eigenvalue weighted by Gasteiger charge is -2.16. The zero-order chi connectivity index (χ0) is 14.4. The van der Waals surface area contributed by atoms with E-state index < -0.39 is 0 Å². The first kappa shape index (κ1) is 16.6. The molecule has 2 nitrogen and oxygen atoms in total. The van der Waals surface area contributed by atoms with Gasteiger partial charge in [0.05, 0.1) is 11.6 Å². The van der Waals surface area contributed by atoms with E-state index >= 15 is 0 Å². The van der Waals surface area contributed by atoms with Crippen LogP contribution in [0.4, 0.5) is 0 Å². The summed E-state index contributed by atoms with van der Waals surface area (Å²) in [6.07, 6.45) is 1.01. The Balaban J connectivity index is 2.80. The lowest BCUT2D eigenvalue weighted by molar-refractivity contribution is 0.286. The van der Waals surface area contributed by atoms with Crippen molar-refractivity contribution in [1.29, 1.82) is 0 Å². The Morgan fingerprint density at radius 3 is 2.42 bits per heavy atom. The highest BCUT2D eigenvalue weighted by atomic mass is 35.5. The molecule has 4 heteroatoms. The third-order valence-corrected chi connectivity index (χ3v) is 3.23. The molecule has 1 aromatic carbocycles. The van der Waals surface area contributed by atoms with Gasteiger partial charge in [-0.15, -0.1) is 0 Å². The second-order valence-corrected chi connectivity index (χ2v) is 6.29. The molecule has 19 heavy (non-hydrogen) atoms. The Labute approximate surface area is 126 Å². The van der Waals surface area contributed by atoms with Crippen molar-refractivity contribution in [3.63, 3.8) is 0 Å². The Bertz CT molecular complexity index is 405. The van der Waals surface area contributed by atoms with E-state index in [1.165, 1.54) is 0 Å². The zero-order valence-electron chi connectivity index (χ0n) is 12.1. The van der Waals surface area contributed by atoms with Gasteiger partial charge in [0.2, 0.25) is 0 Å². The smallest absolute Gasteiger partial charge is 0.142 e. The number of nitrogens with one attached hydrogen (secondary N) is 1. The van der Waals surface area contributed by atoms with Crippen molar-refractivity contribution >= 4 is 23.2 Å². The van der Waals surface area contributed by atoms with E-state index in [1.807, 2.05) is 6.07 Å². The summed E-state index contributed by atoms with van der Waals surface area (Å²) >= 11 is 12.3. The molecule has 0 heterocycles. The molecule has 0 aromatic heterocycles. The maximum Gasteiger partial charge on any atom is 0.142 e. The van der Waals surface area contributed by atoms with Gasteiger partial charge in [0.25, 0.3) is 0 Å². The van der Waals surface area contributed by atoms with E-state index in [2.05, 4.69) is 33.0 Å². The predicted octanol–water partition coefficient (Wildman–Crippen LogP) is 4.92. The van der Waals surface area contributed by atoms with E-state index in [0.29, 0.717) is 35.2 Å². The van der Waals surface area contributed by atoms with Crippen LogP contribution < -0.4 is 10.1 Å². The van der Waals surface area contributed by atoms with Crippen LogP contribution in [0.15, 0.2) is 12.1 Å². The topological polar surface area (TPSA) is 21.3 Å². The van der Waals surface area contributed by atoms with Crippen LogP contribution in [0, 0.1) is 5.92 Å². The van der Waals surface area contributed by atoms with Crippen LogP contribution in [0.3, 0.4) is 0 Å². The van der Waals surface area contributed by atoms with E-state index in [1.54, 1.807) is 6.07 Å². The molecule has 0 saturated heterocycles. The SMILES string of the molecule is CC(C)CCOc1c(Cl)cc(Cl)cc1CNC(C)C. The summed E-state index contributed by atoms with van der Waals surface area (Å²) in [6.45, 7) is 9.93.